The van der Waals surface area contributed by atoms with Crippen LogP contribution in [0.1, 0.15) is 20.8 Å². The van der Waals surface area contributed by atoms with Crippen molar-refractivity contribution in [3.05, 3.63) is 45.6 Å². The van der Waals surface area contributed by atoms with Gasteiger partial charge >= 0.3 is 165 Å². The van der Waals surface area contributed by atoms with E-state index in [9.17, 15) is 4.79 Å². The fourth-order valence-electron chi connectivity index (χ4n) is 2.75. The fraction of sp³-hybridized carbons (Fsp3) is 0.333. The van der Waals surface area contributed by atoms with Gasteiger partial charge in [-0.2, -0.15) is 0 Å². The number of para-hydroxylation sites is 1. The molecule has 0 spiro atoms. The van der Waals surface area contributed by atoms with Crippen LogP contribution < -0.4 is 9.36 Å². The van der Waals surface area contributed by atoms with Crippen LogP contribution in [0.25, 0.3) is 0 Å². The van der Waals surface area contributed by atoms with E-state index in [2.05, 4.69) is 36.1 Å². The van der Waals surface area contributed by atoms with Crippen molar-refractivity contribution < 1.29 is 9.53 Å². The first-order valence-corrected chi connectivity index (χ1v) is 11.2. The van der Waals surface area contributed by atoms with Gasteiger partial charge in [0.2, 0.25) is 0 Å². The average Bonchev–Trinajstić information content (AvgIpc) is 3.10. The zero-order valence-electron chi connectivity index (χ0n) is 14.4. The number of fused-ring (bicyclic) bond motifs is 1. The quantitative estimate of drug-likeness (QED) is 0.305. The standard InChI is InChI=1S/C18H20N2O2S2Se/c1-4-19-12-9-7-8-10-14(12)25-15(19)11-13(22-6-3)16-17(21)20(5-2)18(23)24-16/h7-11H,4-6H2,1-3H3/b15-11-,16-13-. The van der Waals surface area contributed by atoms with Gasteiger partial charge in [0.05, 0.1) is 0 Å². The van der Waals surface area contributed by atoms with E-state index in [1.54, 1.807) is 4.90 Å². The van der Waals surface area contributed by atoms with Crippen LogP contribution in [-0.4, -0.2) is 49.8 Å². The molecule has 1 amide bonds. The third-order valence-electron chi connectivity index (χ3n) is 3.90. The third-order valence-corrected chi connectivity index (χ3v) is 7.68. The molecular weight excluding hydrogens is 419 g/mol. The Hall–Kier alpha value is -1.27. The molecule has 1 aromatic rings. The molecule has 2 aliphatic heterocycles. The molecule has 2 heterocycles. The minimum absolute atomic E-state index is 0.0520. The Bertz CT molecular complexity index is 776. The zero-order chi connectivity index (χ0) is 18.0. The summed E-state index contributed by atoms with van der Waals surface area (Å²) in [7, 11) is 0. The molecule has 1 fully saturated rings. The second-order valence-electron chi connectivity index (χ2n) is 5.34. The first-order valence-electron chi connectivity index (χ1n) is 8.27. The van der Waals surface area contributed by atoms with Crippen molar-refractivity contribution in [3.8, 4) is 0 Å². The predicted molar refractivity (Wildman–Crippen MR) is 109 cm³/mol. The minimum atomic E-state index is -0.0520. The van der Waals surface area contributed by atoms with E-state index in [4.69, 9.17) is 17.0 Å². The maximum absolute atomic E-state index is 12.6. The number of allylic oxidation sites excluding steroid dienone is 1. The Morgan fingerprint density at radius 3 is 2.60 bits per heavy atom. The Balaban J connectivity index is 2.01. The summed E-state index contributed by atoms with van der Waals surface area (Å²) >= 11 is 6.87. The first-order chi connectivity index (χ1) is 12.1. The van der Waals surface area contributed by atoms with E-state index in [0.717, 1.165) is 6.54 Å². The number of carbonyl (C=O) groups excluding carboxylic acids is 1. The van der Waals surface area contributed by atoms with E-state index < -0.39 is 0 Å². The number of anilines is 1. The average molecular weight is 439 g/mol. The van der Waals surface area contributed by atoms with Crippen LogP contribution in [0.4, 0.5) is 5.69 Å². The third kappa shape index (κ3) is 3.51. The van der Waals surface area contributed by atoms with Gasteiger partial charge < -0.3 is 0 Å². The van der Waals surface area contributed by atoms with Gasteiger partial charge in [-0.15, -0.1) is 0 Å². The van der Waals surface area contributed by atoms with Crippen molar-refractivity contribution >= 4 is 59.3 Å². The normalized spacial score (nSPS) is 20.5. The summed E-state index contributed by atoms with van der Waals surface area (Å²) in [6.45, 7) is 8.00. The molecular formula is C18H20N2O2S2Se. The Kier molecular flexibility index (Phi) is 5.89. The van der Waals surface area contributed by atoms with Crippen LogP contribution in [0.15, 0.2) is 45.6 Å². The maximum atomic E-state index is 12.6. The molecule has 3 rings (SSSR count). The van der Waals surface area contributed by atoms with Gasteiger partial charge in [-0.3, -0.25) is 0 Å². The number of ether oxygens (including phenoxy) is 1. The van der Waals surface area contributed by atoms with Gasteiger partial charge in [0, 0.05) is 0 Å². The molecule has 0 N–H and O–H groups in total. The molecule has 0 atom stereocenters. The second-order valence-corrected chi connectivity index (χ2v) is 9.21. The van der Waals surface area contributed by atoms with Crippen molar-refractivity contribution in [2.24, 2.45) is 0 Å². The summed E-state index contributed by atoms with van der Waals surface area (Å²) in [6.07, 6.45) is 2.04. The zero-order valence-corrected chi connectivity index (χ0v) is 17.8. The van der Waals surface area contributed by atoms with Gasteiger partial charge in [-0.25, -0.2) is 0 Å². The van der Waals surface area contributed by atoms with Crippen LogP contribution in [0.2, 0.25) is 0 Å². The molecule has 1 saturated heterocycles. The summed E-state index contributed by atoms with van der Waals surface area (Å²) in [5.41, 5.74) is 1.26. The summed E-state index contributed by atoms with van der Waals surface area (Å²) in [4.78, 5) is 17.2. The van der Waals surface area contributed by atoms with Gasteiger partial charge in [-0.05, 0) is 0 Å². The predicted octanol–water partition coefficient (Wildman–Crippen LogP) is 2.83. The SMILES string of the molecule is CCOC(/C=C1\[Se]c2ccccc2N1CC)=C1\SC(=S)N(CC)C1=O. The number of hydrogen-bond acceptors (Lipinski definition) is 5. The molecule has 4 nitrogen and oxygen atoms in total. The van der Waals surface area contributed by atoms with E-state index in [1.807, 2.05) is 19.9 Å². The molecule has 0 unspecified atom stereocenters. The van der Waals surface area contributed by atoms with Crippen molar-refractivity contribution in [2.75, 3.05) is 24.6 Å². The van der Waals surface area contributed by atoms with Gasteiger partial charge in [0.15, 0.2) is 0 Å². The van der Waals surface area contributed by atoms with E-state index in [1.165, 1.54) is 26.5 Å². The summed E-state index contributed by atoms with van der Waals surface area (Å²) in [5, 5.41) is 0. The van der Waals surface area contributed by atoms with Crippen molar-refractivity contribution in [3.63, 3.8) is 0 Å². The number of benzene rings is 1. The number of thiocarbonyl (C=S) groups is 1. The molecule has 0 saturated carbocycles. The van der Waals surface area contributed by atoms with Crippen LogP contribution in [0.3, 0.4) is 0 Å². The van der Waals surface area contributed by atoms with Crippen LogP contribution in [0, 0.1) is 0 Å². The number of likely N-dealkylation sites (N-methyl/N-ethyl adjacent to an activating group) is 1. The molecule has 132 valence electrons. The Morgan fingerprint density at radius 2 is 1.96 bits per heavy atom. The summed E-state index contributed by atoms with van der Waals surface area (Å²) in [6, 6.07) is 8.47. The van der Waals surface area contributed by atoms with Crippen molar-refractivity contribution in [2.45, 2.75) is 20.8 Å². The number of thioether (sulfide) groups is 1. The second kappa shape index (κ2) is 7.96. The molecule has 2 aliphatic rings. The summed E-state index contributed by atoms with van der Waals surface area (Å²) in [5.74, 6) is 0.586. The number of amides is 1. The molecule has 0 aromatic heterocycles. The van der Waals surface area contributed by atoms with Crippen molar-refractivity contribution in [1.29, 1.82) is 0 Å². The van der Waals surface area contributed by atoms with E-state index >= 15 is 0 Å². The van der Waals surface area contributed by atoms with E-state index in [0.29, 0.717) is 28.1 Å². The van der Waals surface area contributed by atoms with Crippen LogP contribution in [-0.2, 0) is 9.53 Å². The van der Waals surface area contributed by atoms with Crippen LogP contribution >= 0.6 is 24.0 Å². The number of nitrogens with zero attached hydrogens (tertiary/aromatic N) is 2. The topological polar surface area (TPSA) is 32.8 Å². The Morgan fingerprint density at radius 1 is 1.24 bits per heavy atom. The van der Waals surface area contributed by atoms with E-state index in [-0.39, 0.29) is 20.9 Å². The van der Waals surface area contributed by atoms with Crippen LogP contribution in [0.5, 0.6) is 0 Å². The van der Waals surface area contributed by atoms with Gasteiger partial charge in [0.25, 0.3) is 0 Å². The molecule has 0 bridgehead atoms. The van der Waals surface area contributed by atoms with Crippen molar-refractivity contribution in [1.82, 2.24) is 4.90 Å². The molecule has 7 heteroatoms. The fourth-order valence-corrected chi connectivity index (χ4v) is 6.55. The molecule has 25 heavy (non-hydrogen) atoms. The molecule has 0 aliphatic carbocycles. The molecule has 0 radical (unpaired) electrons. The number of rotatable bonds is 5. The van der Waals surface area contributed by atoms with Gasteiger partial charge in [-0.1, -0.05) is 0 Å². The first kappa shape index (κ1) is 18.5. The monoisotopic (exact) mass is 440 g/mol. The summed E-state index contributed by atoms with van der Waals surface area (Å²) < 4.78 is 9.02. The number of hydrogen-bond donors (Lipinski definition) is 0. The molecule has 1 aromatic carbocycles. The Labute approximate surface area is 164 Å². The number of carbonyl (C=O) groups is 1. The van der Waals surface area contributed by atoms with Gasteiger partial charge in [0.1, 0.15) is 0 Å².